The third-order valence-corrected chi connectivity index (χ3v) is 11.6. The smallest absolute Gasteiger partial charge is 0.306 e. The topological polar surface area (TPSA) is 78.9 Å². The maximum Gasteiger partial charge on any atom is 0.306 e. The summed E-state index contributed by atoms with van der Waals surface area (Å²) in [6.45, 7) is 6.57. The van der Waals surface area contributed by atoms with Gasteiger partial charge in [0, 0.05) is 19.3 Å². The van der Waals surface area contributed by atoms with E-state index in [1.807, 2.05) is 0 Å². The molecule has 0 aliphatic carbocycles. The van der Waals surface area contributed by atoms with Crippen molar-refractivity contribution >= 4 is 17.9 Å². The maximum absolute atomic E-state index is 12.8. The first-order chi connectivity index (χ1) is 30.5. The summed E-state index contributed by atoms with van der Waals surface area (Å²) in [4.78, 5) is 37.9. The van der Waals surface area contributed by atoms with Crippen LogP contribution in [0.15, 0.2) is 48.6 Å². The number of carbonyl (C=O) groups is 3. The molecule has 62 heavy (non-hydrogen) atoms. The van der Waals surface area contributed by atoms with Crippen LogP contribution in [0, 0.1) is 0 Å². The van der Waals surface area contributed by atoms with Crippen molar-refractivity contribution in [2.75, 3.05) is 13.2 Å². The number of hydrogen-bond donors (Lipinski definition) is 0. The third-order valence-electron chi connectivity index (χ3n) is 11.6. The number of rotatable bonds is 48. The monoisotopic (exact) mass is 869 g/mol. The summed E-state index contributed by atoms with van der Waals surface area (Å²) in [5.74, 6) is -0.941. The summed E-state index contributed by atoms with van der Waals surface area (Å²) in [5, 5.41) is 0. The second kappa shape index (κ2) is 51.0. The van der Waals surface area contributed by atoms with Crippen molar-refractivity contribution in [1.29, 1.82) is 0 Å². The molecule has 6 nitrogen and oxygen atoms in total. The summed E-state index contributed by atoms with van der Waals surface area (Å²) in [6.07, 6.45) is 61.1. The van der Waals surface area contributed by atoms with Crippen LogP contribution in [0.5, 0.6) is 0 Å². The van der Waals surface area contributed by atoms with Crippen LogP contribution in [-0.2, 0) is 28.6 Å². The van der Waals surface area contributed by atoms with Crippen LogP contribution < -0.4 is 0 Å². The van der Waals surface area contributed by atoms with Gasteiger partial charge < -0.3 is 14.2 Å². The van der Waals surface area contributed by atoms with Gasteiger partial charge in [0.15, 0.2) is 6.10 Å². The molecule has 0 radical (unpaired) electrons. The van der Waals surface area contributed by atoms with Crippen molar-refractivity contribution in [1.82, 2.24) is 0 Å². The molecule has 0 spiro atoms. The zero-order chi connectivity index (χ0) is 45.1. The molecule has 0 saturated carbocycles. The minimum absolute atomic E-state index is 0.0912. The summed E-state index contributed by atoms with van der Waals surface area (Å²) < 4.78 is 16.7. The van der Waals surface area contributed by atoms with E-state index in [4.69, 9.17) is 14.2 Å². The molecule has 0 fully saturated rings. The Morgan fingerprint density at radius 1 is 0.323 bits per heavy atom. The molecule has 0 rings (SSSR count). The van der Waals surface area contributed by atoms with Gasteiger partial charge in [-0.05, 0) is 57.8 Å². The Hall–Kier alpha value is -2.63. The van der Waals surface area contributed by atoms with Crippen LogP contribution in [0.25, 0.3) is 0 Å². The second-order valence-corrected chi connectivity index (χ2v) is 17.8. The summed E-state index contributed by atoms with van der Waals surface area (Å²) in [6, 6.07) is 0. The highest BCUT2D eigenvalue weighted by molar-refractivity contribution is 5.71. The van der Waals surface area contributed by atoms with E-state index in [0.29, 0.717) is 19.3 Å². The Balaban J connectivity index is 4.36. The van der Waals surface area contributed by atoms with E-state index in [-0.39, 0.29) is 37.5 Å². The third kappa shape index (κ3) is 48.4. The number of carbonyl (C=O) groups excluding carboxylic acids is 3. The number of allylic oxidation sites excluding steroid dienone is 8. The van der Waals surface area contributed by atoms with Gasteiger partial charge in [-0.1, -0.05) is 243 Å². The highest BCUT2D eigenvalue weighted by atomic mass is 16.6. The molecule has 0 heterocycles. The van der Waals surface area contributed by atoms with Crippen LogP contribution in [0.3, 0.4) is 0 Å². The summed E-state index contributed by atoms with van der Waals surface area (Å²) >= 11 is 0. The SMILES string of the molecule is CCCCC/C=C\C/C=C\C/C=C\C/C=C\CCCC(=O)O[C@H](COC(=O)CCCCCCCCCCC)COC(=O)CCCCCCCCCCCCCCCCCCCC. The van der Waals surface area contributed by atoms with E-state index in [1.165, 1.54) is 161 Å². The molecular weight excluding hydrogens is 769 g/mol. The quantitative estimate of drug-likeness (QED) is 0.0262. The Morgan fingerprint density at radius 3 is 0.952 bits per heavy atom. The molecular formula is C56H100O6. The molecule has 6 heteroatoms. The lowest BCUT2D eigenvalue weighted by atomic mass is 10.0. The van der Waals surface area contributed by atoms with Gasteiger partial charge in [0.05, 0.1) is 0 Å². The van der Waals surface area contributed by atoms with Gasteiger partial charge in [-0.25, -0.2) is 0 Å². The normalized spacial score (nSPS) is 12.4. The number of ether oxygens (including phenoxy) is 3. The van der Waals surface area contributed by atoms with Crippen molar-refractivity contribution < 1.29 is 28.6 Å². The van der Waals surface area contributed by atoms with Gasteiger partial charge in [-0.3, -0.25) is 14.4 Å². The number of esters is 3. The molecule has 1 atom stereocenters. The van der Waals surface area contributed by atoms with E-state index in [9.17, 15) is 14.4 Å². The van der Waals surface area contributed by atoms with Crippen molar-refractivity contribution in [3.8, 4) is 0 Å². The average molecular weight is 869 g/mol. The first-order valence-corrected chi connectivity index (χ1v) is 26.6. The lowest BCUT2D eigenvalue weighted by molar-refractivity contribution is -0.167. The lowest BCUT2D eigenvalue weighted by Gasteiger charge is -2.18. The average Bonchev–Trinajstić information content (AvgIpc) is 3.27. The first-order valence-electron chi connectivity index (χ1n) is 26.6. The van der Waals surface area contributed by atoms with Crippen molar-refractivity contribution in [3.05, 3.63) is 48.6 Å². The summed E-state index contributed by atoms with van der Waals surface area (Å²) in [7, 11) is 0. The molecule has 0 bridgehead atoms. The van der Waals surface area contributed by atoms with Crippen LogP contribution in [0.1, 0.15) is 271 Å². The summed E-state index contributed by atoms with van der Waals surface area (Å²) in [5.41, 5.74) is 0. The molecule has 0 unspecified atom stereocenters. The van der Waals surface area contributed by atoms with Gasteiger partial charge in [-0.2, -0.15) is 0 Å². The predicted molar refractivity (Wildman–Crippen MR) is 265 cm³/mol. The van der Waals surface area contributed by atoms with Crippen LogP contribution in [-0.4, -0.2) is 37.2 Å². The molecule has 0 aromatic heterocycles. The van der Waals surface area contributed by atoms with Gasteiger partial charge in [-0.15, -0.1) is 0 Å². The van der Waals surface area contributed by atoms with E-state index < -0.39 is 6.10 Å². The van der Waals surface area contributed by atoms with Gasteiger partial charge in [0.25, 0.3) is 0 Å². The van der Waals surface area contributed by atoms with E-state index in [1.54, 1.807) is 0 Å². The zero-order valence-electron chi connectivity index (χ0n) is 41.1. The maximum atomic E-state index is 12.8. The van der Waals surface area contributed by atoms with Crippen LogP contribution >= 0.6 is 0 Å². The minimum atomic E-state index is -0.796. The fourth-order valence-electron chi connectivity index (χ4n) is 7.55. The van der Waals surface area contributed by atoms with Crippen LogP contribution in [0.2, 0.25) is 0 Å². The minimum Gasteiger partial charge on any atom is -0.462 e. The Morgan fingerprint density at radius 2 is 0.597 bits per heavy atom. The highest BCUT2D eigenvalue weighted by Crippen LogP contribution is 2.16. The molecule has 0 aliphatic heterocycles. The largest absolute Gasteiger partial charge is 0.462 e. The second-order valence-electron chi connectivity index (χ2n) is 17.8. The van der Waals surface area contributed by atoms with E-state index in [2.05, 4.69) is 69.4 Å². The van der Waals surface area contributed by atoms with E-state index in [0.717, 1.165) is 64.2 Å². The number of hydrogen-bond acceptors (Lipinski definition) is 6. The van der Waals surface area contributed by atoms with Crippen molar-refractivity contribution in [2.45, 2.75) is 277 Å². The van der Waals surface area contributed by atoms with E-state index >= 15 is 0 Å². The molecule has 0 saturated heterocycles. The van der Waals surface area contributed by atoms with Gasteiger partial charge >= 0.3 is 17.9 Å². The van der Waals surface area contributed by atoms with Crippen LogP contribution in [0.4, 0.5) is 0 Å². The highest BCUT2D eigenvalue weighted by Gasteiger charge is 2.19. The standard InChI is InChI=1S/C56H100O6/c1-4-7-10-13-16-19-21-23-25-27-29-30-32-34-37-40-43-46-49-55(58)61-52-53(51-60-54(57)48-45-42-39-36-18-15-12-9-6-3)62-56(59)50-47-44-41-38-35-33-31-28-26-24-22-20-17-14-11-8-5-2/h17,20,24,26,31,33,38,41,53H,4-16,18-19,21-23,25,27-30,32,34-37,39-40,42-52H2,1-3H3/b20-17-,26-24-,33-31-,41-38-/t53-/m1/s1. The molecule has 0 amide bonds. The molecule has 360 valence electrons. The Kier molecular flexibility index (Phi) is 48.8. The Bertz CT molecular complexity index is 1090. The molecule has 0 aliphatic rings. The van der Waals surface area contributed by atoms with Crippen molar-refractivity contribution in [3.63, 3.8) is 0 Å². The first kappa shape index (κ1) is 59.4. The fourth-order valence-corrected chi connectivity index (χ4v) is 7.55. The number of unbranched alkanes of at least 4 members (excludes halogenated alkanes) is 29. The molecule has 0 aromatic carbocycles. The lowest BCUT2D eigenvalue weighted by Crippen LogP contribution is -2.30. The molecule has 0 N–H and O–H groups in total. The van der Waals surface area contributed by atoms with Crippen molar-refractivity contribution in [2.24, 2.45) is 0 Å². The zero-order valence-corrected chi connectivity index (χ0v) is 41.1. The van der Waals surface area contributed by atoms with Gasteiger partial charge in [0.1, 0.15) is 13.2 Å². The molecule has 0 aromatic rings. The predicted octanol–water partition coefficient (Wildman–Crippen LogP) is 17.5. The Labute approximate surface area is 384 Å². The fraction of sp³-hybridized carbons (Fsp3) is 0.804. The van der Waals surface area contributed by atoms with Gasteiger partial charge in [0.2, 0.25) is 0 Å².